The van der Waals surface area contributed by atoms with Crippen LogP contribution >= 0.6 is 0 Å². The second-order valence-electron chi connectivity index (χ2n) is 4.90. The first-order valence-corrected chi connectivity index (χ1v) is 8.65. The molecule has 1 saturated heterocycles. The molecule has 1 heterocycles. The van der Waals surface area contributed by atoms with Crippen LogP contribution in [0.2, 0.25) is 19.1 Å². The predicted molar refractivity (Wildman–Crippen MR) is 56.3 cm³/mol. The Kier molecular flexibility index (Phi) is 4.23. The van der Waals surface area contributed by atoms with Gasteiger partial charge in [-0.1, -0.05) is 6.42 Å². The van der Waals surface area contributed by atoms with E-state index in [1.165, 1.54) is 0 Å². The smallest absolute Gasteiger partial charge is 0.389 e. The van der Waals surface area contributed by atoms with Gasteiger partial charge in [-0.3, -0.25) is 0 Å². The average Bonchev–Trinajstić information content (AvgIpc) is 1.99. The molecule has 90 valence electrons. The monoisotopic (exact) mass is 240 g/mol. The molecule has 0 radical (unpaired) electrons. The highest BCUT2D eigenvalue weighted by molar-refractivity contribution is 6.71. The number of alkyl halides is 3. The van der Waals surface area contributed by atoms with Crippen molar-refractivity contribution < 1.29 is 17.6 Å². The van der Waals surface area contributed by atoms with E-state index in [0.717, 1.165) is 18.9 Å². The molecule has 1 rings (SSSR count). The fourth-order valence-electron chi connectivity index (χ4n) is 2.06. The molecule has 1 aliphatic heterocycles. The maximum Gasteiger partial charge on any atom is 0.389 e. The molecule has 15 heavy (non-hydrogen) atoms. The number of hydrogen-bond acceptors (Lipinski definition) is 1. The number of halogens is 3. The van der Waals surface area contributed by atoms with Crippen LogP contribution in [0.25, 0.3) is 0 Å². The van der Waals surface area contributed by atoms with Crippen LogP contribution in [0.4, 0.5) is 13.2 Å². The lowest BCUT2D eigenvalue weighted by Crippen LogP contribution is -2.39. The molecule has 0 aliphatic carbocycles. The maximum absolute atomic E-state index is 11.9. The van der Waals surface area contributed by atoms with Crippen LogP contribution in [-0.4, -0.2) is 20.6 Å². The molecule has 0 aromatic rings. The highest BCUT2D eigenvalue weighted by Crippen LogP contribution is 2.30. The molecule has 1 fully saturated rings. The van der Waals surface area contributed by atoms with E-state index >= 15 is 0 Å². The number of hydrogen-bond donors (Lipinski definition) is 0. The molecule has 1 atom stereocenters. The molecule has 0 bridgehead atoms. The van der Waals surface area contributed by atoms with E-state index in [2.05, 4.69) is 13.1 Å². The number of rotatable bonds is 3. The maximum atomic E-state index is 11.9. The third kappa shape index (κ3) is 5.56. The summed E-state index contributed by atoms with van der Waals surface area (Å²) in [6.07, 6.45) is -1.77. The summed E-state index contributed by atoms with van der Waals surface area (Å²) in [6.45, 7) is 4.28. The Morgan fingerprint density at radius 3 is 2.53 bits per heavy atom. The normalized spacial score (nSPS) is 26.6. The van der Waals surface area contributed by atoms with E-state index in [9.17, 15) is 13.2 Å². The third-order valence-electron chi connectivity index (χ3n) is 2.78. The van der Waals surface area contributed by atoms with Crippen molar-refractivity contribution in [1.29, 1.82) is 0 Å². The van der Waals surface area contributed by atoms with Crippen molar-refractivity contribution in [3.8, 4) is 0 Å². The van der Waals surface area contributed by atoms with Crippen LogP contribution in [0, 0.1) is 0 Å². The average molecular weight is 240 g/mol. The van der Waals surface area contributed by atoms with Crippen LogP contribution in [0.15, 0.2) is 0 Å². The van der Waals surface area contributed by atoms with Crippen molar-refractivity contribution in [3.05, 3.63) is 0 Å². The van der Waals surface area contributed by atoms with Crippen molar-refractivity contribution in [2.45, 2.75) is 63.5 Å². The van der Waals surface area contributed by atoms with Crippen molar-refractivity contribution in [1.82, 2.24) is 0 Å². The Balaban J connectivity index is 2.22. The van der Waals surface area contributed by atoms with E-state index in [1.54, 1.807) is 0 Å². The molecule has 0 N–H and O–H groups in total. The zero-order chi connectivity index (χ0) is 11.5. The Bertz CT molecular complexity index is 203. The van der Waals surface area contributed by atoms with Gasteiger partial charge >= 0.3 is 6.18 Å². The van der Waals surface area contributed by atoms with Crippen molar-refractivity contribution in [2.24, 2.45) is 0 Å². The summed E-state index contributed by atoms with van der Waals surface area (Å²) < 4.78 is 41.6. The lowest BCUT2D eigenvalue weighted by molar-refractivity contribution is -0.136. The largest absolute Gasteiger partial charge is 0.414 e. The highest BCUT2D eigenvalue weighted by Gasteiger charge is 2.32. The van der Waals surface area contributed by atoms with Gasteiger partial charge in [0.05, 0.1) is 0 Å². The lowest BCUT2D eigenvalue weighted by atomic mass is 10.1. The molecule has 1 nitrogen and oxygen atoms in total. The van der Waals surface area contributed by atoms with E-state index in [0.29, 0.717) is 6.42 Å². The molecule has 0 aromatic carbocycles. The van der Waals surface area contributed by atoms with Gasteiger partial charge < -0.3 is 4.43 Å². The van der Waals surface area contributed by atoms with E-state index in [-0.39, 0.29) is 12.5 Å². The summed E-state index contributed by atoms with van der Waals surface area (Å²) in [4.78, 5) is 0. The second-order valence-corrected chi connectivity index (χ2v) is 9.15. The highest BCUT2D eigenvalue weighted by atomic mass is 28.4. The van der Waals surface area contributed by atoms with Gasteiger partial charge in [-0.15, -0.1) is 0 Å². The molecule has 0 spiro atoms. The zero-order valence-electron chi connectivity index (χ0n) is 9.36. The van der Waals surface area contributed by atoms with Crippen molar-refractivity contribution in [3.63, 3.8) is 0 Å². The van der Waals surface area contributed by atoms with Gasteiger partial charge in [-0.05, 0) is 38.4 Å². The standard InChI is InChI=1S/C10H19F3OSi/c1-15(2)8-4-6-9(14-15)5-3-7-10(11,12)13/h9H,3-8H2,1-2H3. The van der Waals surface area contributed by atoms with E-state index in [4.69, 9.17) is 4.43 Å². The van der Waals surface area contributed by atoms with Gasteiger partial charge in [0.1, 0.15) is 0 Å². The van der Waals surface area contributed by atoms with Crippen LogP contribution in [-0.2, 0) is 4.43 Å². The van der Waals surface area contributed by atoms with Gasteiger partial charge in [0.25, 0.3) is 0 Å². The van der Waals surface area contributed by atoms with E-state index < -0.39 is 20.9 Å². The second kappa shape index (κ2) is 4.87. The van der Waals surface area contributed by atoms with E-state index in [1.807, 2.05) is 0 Å². The van der Waals surface area contributed by atoms with Crippen LogP contribution in [0.5, 0.6) is 0 Å². The van der Waals surface area contributed by atoms with Gasteiger partial charge in [0.15, 0.2) is 8.32 Å². The van der Waals surface area contributed by atoms with Gasteiger partial charge in [0, 0.05) is 12.5 Å². The summed E-state index contributed by atoms with van der Waals surface area (Å²) in [6, 6.07) is 1.14. The molecule has 0 aromatic heterocycles. The van der Waals surface area contributed by atoms with Crippen molar-refractivity contribution in [2.75, 3.05) is 0 Å². The first kappa shape index (κ1) is 13.0. The summed E-state index contributed by atoms with van der Waals surface area (Å²) in [5.41, 5.74) is 0. The van der Waals surface area contributed by atoms with Crippen molar-refractivity contribution >= 4 is 8.32 Å². The first-order valence-electron chi connectivity index (χ1n) is 5.53. The van der Waals surface area contributed by atoms with Gasteiger partial charge in [-0.25, -0.2) is 0 Å². The molecule has 1 aliphatic rings. The first-order chi connectivity index (χ1) is 6.79. The van der Waals surface area contributed by atoms with Gasteiger partial charge in [0.2, 0.25) is 0 Å². The quantitative estimate of drug-likeness (QED) is 0.675. The topological polar surface area (TPSA) is 9.23 Å². The Morgan fingerprint density at radius 2 is 2.00 bits per heavy atom. The summed E-state index contributed by atoms with van der Waals surface area (Å²) >= 11 is 0. The summed E-state index contributed by atoms with van der Waals surface area (Å²) in [7, 11) is -1.53. The Morgan fingerprint density at radius 1 is 1.33 bits per heavy atom. The minimum absolute atomic E-state index is 0.0859. The predicted octanol–water partition coefficient (Wildman–Crippen LogP) is 4.10. The molecule has 0 amide bonds. The third-order valence-corrected chi connectivity index (χ3v) is 5.31. The van der Waals surface area contributed by atoms with Crippen LogP contribution in [0.1, 0.15) is 32.1 Å². The van der Waals surface area contributed by atoms with Crippen LogP contribution < -0.4 is 0 Å². The molecular formula is C10H19F3OSi. The SMILES string of the molecule is C[Si]1(C)CCCC(CCCC(F)(F)F)O1. The Hall–Kier alpha value is -0.0331. The molecule has 5 heteroatoms. The Labute approximate surface area is 90.1 Å². The minimum atomic E-state index is -4.01. The fraction of sp³-hybridized carbons (Fsp3) is 1.00. The van der Waals surface area contributed by atoms with Crippen LogP contribution in [0.3, 0.4) is 0 Å². The fourth-order valence-corrected chi connectivity index (χ4v) is 4.37. The summed E-state index contributed by atoms with van der Waals surface area (Å²) in [5.74, 6) is 0. The van der Waals surface area contributed by atoms with Gasteiger partial charge in [-0.2, -0.15) is 13.2 Å². The molecular weight excluding hydrogens is 221 g/mol. The molecule has 1 unspecified atom stereocenters. The lowest BCUT2D eigenvalue weighted by Gasteiger charge is -2.34. The molecule has 0 saturated carbocycles. The summed E-state index contributed by atoms with van der Waals surface area (Å²) in [5, 5.41) is 0. The zero-order valence-corrected chi connectivity index (χ0v) is 10.4. The minimum Gasteiger partial charge on any atom is -0.414 e.